The number of carbonyl (C=O) groups excluding carboxylic acids is 1. The first kappa shape index (κ1) is 18.9. The van der Waals surface area contributed by atoms with Gasteiger partial charge in [0.25, 0.3) is 5.56 Å². The Morgan fingerprint density at radius 1 is 1.29 bits per heavy atom. The van der Waals surface area contributed by atoms with E-state index in [1.54, 1.807) is 11.3 Å². The van der Waals surface area contributed by atoms with Gasteiger partial charge in [-0.2, -0.15) is 0 Å². The van der Waals surface area contributed by atoms with Gasteiger partial charge in [0.15, 0.2) is 0 Å². The summed E-state index contributed by atoms with van der Waals surface area (Å²) in [5.74, 6) is 0.436. The number of nitrogens with zero attached hydrogens (tertiary/aromatic N) is 2. The summed E-state index contributed by atoms with van der Waals surface area (Å²) < 4.78 is 1.43. The van der Waals surface area contributed by atoms with Crippen molar-refractivity contribution in [2.45, 2.75) is 53.5 Å². The Hall–Kier alpha value is -2.47. The smallest absolute Gasteiger partial charge is 0.262 e. The average molecular weight is 396 g/mol. The zero-order valence-corrected chi connectivity index (χ0v) is 17.6. The molecule has 6 heteroatoms. The molecule has 1 amide bonds. The van der Waals surface area contributed by atoms with Gasteiger partial charge in [-0.25, -0.2) is 4.98 Å². The number of benzene rings is 1. The van der Waals surface area contributed by atoms with Crippen LogP contribution in [0.15, 0.2) is 23.3 Å². The van der Waals surface area contributed by atoms with Gasteiger partial charge in [-0.3, -0.25) is 14.2 Å². The Bertz CT molecular complexity index is 1120. The molecule has 0 saturated heterocycles. The highest BCUT2D eigenvalue weighted by molar-refractivity contribution is 7.18. The molecule has 0 fully saturated rings. The van der Waals surface area contributed by atoms with Crippen molar-refractivity contribution < 1.29 is 4.79 Å². The maximum absolute atomic E-state index is 13.1. The van der Waals surface area contributed by atoms with Crippen molar-refractivity contribution in [1.82, 2.24) is 9.55 Å². The number of aromatic nitrogens is 2. The highest BCUT2D eigenvalue weighted by Crippen LogP contribution is 2.35. The Balaban J connectivity index is 1.63. The van der Waals surface area contributed by atoms with E-state index in [1.165, 1.54) is 15.8 Å². The molecular formula is C22H25N3O2S. The van der Waals surface area contributed by atoms with Crippen molar-refractivity contribution in [3.05, 3.63) is 55.9 Å². The summed E-state index contributed by atoms with van der Waals surface area (Å²) in [6, 6.07) is 4.09. The molecule has 0 aliphatic heterocycles. The van der Waals surface area contributed by atoms with Gasteiger partial charge in [-0.1, -0.05) is 24.6 Å². The van der Waals surface area contributed by atoms with Crippen LogP contribution in [0.25, 0.3) is 10.2 Å². The third-order valence-corrected chi connectivity index (χ3v) is 6.70. The summed E-state index contributed by atoms with van der Waals surface area (Å²) in [6.07, 6.45) is 4.54. The van der Waals surface area contributed by atoms with Gasteiger partial charge in [0.05, 0.1) is 11.7 Å². The molecule has 0 bridgehead atoms. The number of rotatable bonds is 3. The van der Waals surface area contributed by atoms with E-state index in [2.05, 4.69) is 17.2 Å². The maximum Gasteiger partial charge on any atom is 0.262 e. The Kier molecular flexibility index (Phi) is 4.83. The van der Waals surface area contributed by atoms with Crippen LogP contribution in [0.5, 0.6) is 0 Å². The molecule has 146 valence electrons. The molecule has 1 atom stereocenters. The first-order valence-electron chi connectivity index (χ1n) is 9.71. The summed E-state index contributed by atoms with van der Waals surface area (Å²) in [6.45, 7) is 8.21. The molecule has 5 nitrogen and oxygen atoms in total. The summed E-state index contributed by atoms with van der Waals surface area (Å²) in [5, 5.41) is 3.68. The first-order chi connectivity index (χ1) is 13.3. The summed E-state index contributed by atoms with van der Waals surface area (Å²) in [4.78, 5) is 32.3. The number of carbonyl (C=O) groups is 1. The molecule has 1 aromatic carbocycles. The molecule has 2 heterocycles. The van der Waals surface area contributed by atoms with Crippen LogP contribution in [0, 0.1) is 26.7 Å². The average Bonchev–Trinajstić information content (AvgIpc) is 2.98. The lowest BCUT2D eigenvalue weighted by atomic mass is 9.89. The molecule has 1 N–H and O–H groups in total. The number of nitrogens with one attached hydrogen (secondary N) is 1. The third kappa shape index (κ3) is 3.37. The lowest BCUT2D eigenvalue weighted by Gasteiger charge is -2.17. The van der Waals surface area contributed by atoms with Gasteiger partial charge in [-0.05, 0) is 62.6 Å². The lowest BCUT2D eigenvalue weighted by molar-refractivity contribution is -0.116. The molecule has 2 aromatic heterocycles. The topological polar surface area (TPSA) is 64.0 Å². The second kappa shape index (κ2) is 7.17. The minimum atomic E-state index is -0.212. The molecular weight excluding hydrogens is 370 g/mol. The highest BCUT2D eigenvalue weighted by Gasteiger charge is 2.23. The van der Waals surface area contributed by atoms with Gasteiger partial charge in [0, 0.05) is 10.6 Å². The normalized spacial score (nSPS) is 16.2. The zero-order valence-electron chi connectivity index (χ0n) is 16.8. The SMILES string of the molecule is Cc1cc(C)c(NC(=O)Cn2cnc3sc4c(c3c2=O)CCC(C)C4)c(C)c1. The number of thiophene rings is 1. The second-order valence-electron chi connectivity index (χ2n) is 8.03. The van der Waals surface area contributed by atoms with Crippen molar-refractivity contribution in [1.29, 1.82) is 0 Å². The van der Waals surface area contributed by atoms with Gasteiger partial charge in [0.2, 0.25) is 5.91 Å². The molecule has 3 aromatic rings. The fraction of sp³-hybridized carbons (Fsp3) is 0.409. The van der Waals surface area contributed by atoms with Crippen molar-refractivity contribution in [3.63, 3.8) is 0 Å². The van der Waals surface area contributed by atoms with Crippen LogP contribution >= 0.6 is 11.3 Å². The van der Waals surface area contributed by atoms with Crippen molar-refractivity contribution in [2.24, 2.45) is 5.92 Å². The van der Waals surface area contributed by atoms with E-state index in [0.717, 1.165) is 52.0 Å². The molecule has 1 aliphatic rings. The Labute approximate surface area is 168 Å². The van der Waals surface area contributed by atoms with Gasteiger partial charge >= 0.3 is 0 Å². The monoisotopic (exact) mass is 395 g/mol. The van der Waals surface area contributed by atoms with E-state index >= 15 is 0 Å². The van der Waals surface area contributed by atoms with Crippen LogP contribution in [-0.4, -0.2) is 15.5 Å². The third-order valence-electron chi connectivity index (χ3n) is 5.54. The van der Waals surface area contributed by atoms with E-state index in [0.29, 0.717) is 11.3 Å². The number of hydrogen-bond acceptors (Lipinski definition) is 4. The van der Waals surface area contributed by atoms with Crippen molar-refractivity contribution in [2.75, 3.05) is 5.32 Å². The van der Waals surface area contributed by atoms with Crippen molar-refractivity contribution in [3.8, 4) is 0 Å². The van der Waals surface area contributed by atoms with E-state index in [4.69, 9.17) is 0 Å². The summed E-state index contributed by atoms with van der Waals surface area (Å²) in [5.41, 5.74) is 5.07. The predicted molar refractivity (Wildman–Crippen MR) is 114 cm³/mol. The van der Waals surface area contributed by atoms with Crippen LogP contribution in [-0.2, 0) is 24.2 Å². The minimum Gasteiger partial charge on any atom is -0.324 e. The van der Waals surface area contributed by atoms with Gasteiger partial charge in [-0.15, -0.1) is 11.3 Å². The second-order valence-corrected chi connectivity index (χ2v) is 9.12. The summed E-state index contributed by atoms with van der Waals surface area (Å²) >= 11 is 1.63. The van der Waals surface area contributed by atoms with Crippen LogP contribution in [0.2, 0.25) is 0 Å². The van der Waals surface area contributed by atoms with E-state index < -0.39 is 0 Å². The minimum absolute atomic E-state index is 0.0322. The van der Waals surface area contributed by atoms with Crippen LogP contribution in [0.4, 0.5) is 5.69 Å². The van der Waals surface area contributed by atoms with Gasteiger partial charge in [0.1, 0.15) is 11.4 Å². The number of aryl methyl sites for hydroxylation is 4. The molecule has 1 unspecified atom stereocenters. The van der Waals surface area contributed by atoms with E-state index in [9.17, 15) is 9.59 Å². The number of fused-ring (bicyclic) bond motifs is 3. The van der Waals surface area contributed by atoms with E-state index in [1.807, 2.05) is 32.9 Å². The van der Waals surface area contributed by atoms with Gasteiger partial charge < -0.3 is 5.32 Å². The first-order valence-corrected chi connectivity index (χ1v) is 10.5. The van der Waals surface area contributed by atoms with Crippen LogP contribution in [0.1, 0.15) is 40.5 Å². The number of amides is 1. The quantitative estimate of drug-likeness (QED) is 0.725. The molecule has 0 saturated carbocycles. The maximum atomic E-state index is 13.1. The Morgan fingerprint density at radius 3 is 2.71 bits per heavy atom. The molecule has 4 rings (SSSR count). The molecule has 28 heavy (non-hydrogen) atoms. The molecule has 0 radical (unpaired) electrons. The number of hydrogen-bond donors (Lipinski definition) is 1. The predicted octanol–water partition coefficient (Wildman–Crippen LogP) is 4.15. The largest absolute Gasteiger partial charge is 0.324 e. The molecule has 0 spiro atoms. The van der Waals surface area contributed by atoms with E-state index in [-0.39, 0.29) is 18.0 Å². The Morgan fingerprint density at radius 2 is 2.00 bits per heavy atom. The zero-order chi connectivity index (χ0) is 20.0. The molecule has 1 aliphatic carbocycles. The fourth-order valence-electron chi connectivity index (χ4n) is 4.19. The highest BCUT2D eigenvalue weighted by atomic mass is 32.1. The van der Waals surface area contributed by atoms with Crippen LogP contribution in [0.3, 0.4) is 0 Å². The van der Waals surface area contributed by atoms with Crippen molar-refractivity contribution >= 4 is 33.1 Å². The summed E-state index contributed by atoms with van der Waals surface area (Å²) in [7, 11) is 0. The van der Waals surface area contributed by atoms with Crippen LogP contribution < -0.4 is 10.9 Å². The standard InChI is InChI=1S/C22H25N3O2S/c1-12-5-6-16-17(9-12)28-21-19(16)22(27)25(11-23-21)10-18(26)24-20-14(3)7-13(2)8-15(20)4/h7-8,11-12H,5-6,9-10H2,1-4H3,(H,24,26). The number of anilines is 1. The fourth-order valence-corrected chi connectivity index (χ4v) is 5.53. The lowest BCUT2D eigenvalue weighted by Crippen LogP contribution is -2.28.